The van der Waals surface area contributed by atoms with Crippen LogP contribution in [0.5, 0.6) is 0 Å². The summed E-state index contributed by atoms with van der Waals surface area (Å²) in [6.07, 6.45) is 5.82. The van der Waals surface area contributed by atoms with E-state index in [4.69, 9.17) is 0 Å². The van der Waals surface area contributed by atoms with Gasteiger partial charge in [-0.1, -0.05) is 26.3 Å². The lowest BCUT2D eigenvalue weighted by Gasteiger charge is -2.15. The summed E-state index contributed by atoms with van der Waals surface area (Å²) in [6, 6.07) is 4.29. The number of hydrogen-bond donors (Lipinski definition) is 1. The molecule has 3 nitrogen and oxygen atoms in total. The number of aromatic nitrogens is 1. The Bertz CT molecular complexity index is 347. The molecule has 1 saturated heterocycles. The van der Waals surface area contributed by atoms with Gasteiger partial charge in [0.1, 0.15) is 5.82 Å². The van der Waals surface area contributed by atoms with Crippen LogP contribution in [0.4, 0.5) is 5.82 Å². The Morgan fingerprint density at radius 2 is 2.28 bits per heavy atom. The minimum atomic E-state index is 0.906. The Hall–Kier alpha value is -1.09. The summed E-state index contributed by atoms with van der Waals surface area (Å²) >= 11 is 0. The van der Waals surface area contributed by atoms with Crippen LogP contribution in [0.1, 0.15) is 38.7 Å². The molecule has 1 N–H and O–H groups in total. The number of pyridine rings is 1. The van der Waals surface area contributed by atoms with Gasteiger partial charge in [-0.25, -0.2) is 4.98 Å². The molecule has 1 aliphatic rings. The van der Waals surface area contributed by atoms with E-state index in [0.717, 1.165) is 31.2 Å². The maximum Gasteiger partial charge on any atom is 0.125 e. The van der Waals surface area contributed by atoms with Gasteiger partial charge in [-0.15, -0.1) is 0 Å². The van der Waals surface area contributed by atoms with Gasteiger partial charge in [0, 0.05) is 25.8 Å². The Morgan fingerprint density at radius 3 is 2.89 bits per heavy atom. The largest absolute Gasteiger partial charge is 0.370 e. The van der Waals surface area contributed by atoms with Crippen molar-refractivity contribution in [1.29, 1.82) is 0 Å². The molecule has 1 unspecified atom stereocenters. The average Bonchev–Trinajstić information content (AvgIpc) is 2.86. The van der Waals surface area contributed by atoms with E-state index >= 15 is 0 Å². The lowest BCUT2D eigenvalue weighted by molar-refractivity contribution is 0.315. The van der Waals surface area contributed by atoms with Crippen molar-refractivity contribution in [3.63, 3.8) is 0 Å². The second kappa shape index (κ2) is 6.74. The molecule has 1 aromatic rings. The topological polar surface area (TPSA) is 28.2 Å². The maximum absolute atomic E-state index is 4.46. The second-order valence-corrected chi connectivity index (χ2v) is 5.28. The standard InChI is InChI=1S/C15H25N3/c1-3-8-16-15-6-5-14(10-17-15)12-18-9-7-13(4-2)11-18/h5-6,10,13H,3-4,7-9,11-12H2,1-2H3,(H,16,17). The molecule has 3 heteroatoms. The van der Waals surface area contributed by atoms with Crippen LogP contribution in [0.15, 0.2) is 18.3 Å². The molecular formula is C15H25N3. The zero-order valence-electron chi connectivity index (χ0n) is 11.7. The van der Waals surface area contributed by atoms with E-state index in [9.17, 15) is 0 Å². The highest BCUT2D eigenvalue weighted by Gasteiger charge is 2.20. The second-order valence-electron chi connectivity index (χ2n) is 5.28. The van der Waals surface area contributed by atoms with Gasteiger partial charge >= 0.3 is 0 Å². The molecule has 2 rings (SSSR count). The Morgan fingerprint density at radius 1 is 1.39 bits per heavy atom. The van der Waals surface area contributed by atoms with Crippen LogP contribution in [-0.2, 0) is 6.54 Å². The van der Waals surface area contributed by atoms with E-state index < -0.39 is 0 Å². The predicted octanol–water partition coefficient (Wildman–Crippen LogP) is 3.14. The molecule has 0 radical (unpaired) electrons. The van der Waals surface area contributed by atoms with Crippen molar-refractivity contribution in [2.24, 2.45) is 5.92 Å². The van der Waals surface area contributed by atoms with E-state index in [2.05, 4.69) is 41.2 Å². The highest BCUT2D eigenvalue weighted by molar-refractivity contribution is 5.35. The Kier molecular flexibility index (Phi) is 5.00. The fourth-order valence-corrected chi connectivity index (χ4v) is 2.52. The number of hydrogen-bond acceptors (Lipinski definition) is 3. The van der Waals surface area contributed by atoms with Crippen molar-refractivity contribution in [2.45, 2.75) is 39.7 Å². The summed E-state index contributed by atoms with van der Waals surface area (Å²) in [5.74, 6) is 1.90. The van der Waals surface area contributed by atoms with Gasteiger partial charge in [0.25, 0.3) is 0 Å². The first-order valence-corrected chi connectivity index (χ1v) is 7.23. The van der Waals surface area contributed by atoms with E-state index in [1.54, 1.807) is 0 Å². The first-order chi connectivity index (χ1) is 8.81. The van der Waals surface area contributed by atoms with Gasteiger partial charge in [-0.2, -0.15) is 0 Å². The third-order valence-electron chi connectivity index (χ3n) is 3.73. The van der Waals surface area contributed by atoms with Crippen molar-refractivity contribution < 1.29 is 0 Å². The van der Waals surface area contributed by atoms with E-state index in [0.29, 0.717) is 0 Å². The molecule has 0 spiro atoms. The molecule has 0 aromatic carbocycles. The molecule has 0 aliphatic carbocycles. The van der Waals surface area contributed by atoms with Gasteiger partial charge < -0.3 is 5.32 Å². The zero-order chi connectivity index (χ0) is 12.8. The molecule has 1 atom stereocenters. The normalized spacial score (nSPS) is 20.2. The van der Waals surface area contributed by atoms with Crippen molar-refractivity contribution in [3.8, 4) is 0 Å². The fraction of sp³-hybridized carbons (Fsp3) is 0.667. The molecule has 100 valence electrons. The van der Waals surface area contributed by atoms with Gasteiger partial charge in [0.15, 0.2) is 0 Å². The third-order valence-corrected chi connectivity index (χ3v) is 3.73. The molecular weight excluding hydrogens is 222 g/mol. The fourth-order valence-electron chi connectivity index (χ4n) is 2.52. The van der Waals surface area contributed by atoms with Crippen LogP contribution in [0.25, 0.3) is 0 Å². The molecule has 2 heterocycles. The van der Waals surface area contributed by atoms with Crippen LogP contribution in [0.3, 0.4) is 0 Å². The molecule has 0 bridgehead atoms. The lowest BCUT2D eigenvalue weighted by Crippen LogP contribution is -2.20. The van der Waals surface area contributed by atoms with Gasteiger partial charge in [-0.05, 0) is 36.9 Å². The van der Waals surface area contributed by atoms with Crippen LogP contribution >= 0.6 is 0 Å². The van der Waals surface area contributed by atoms with Crippen molar-refractivity contribution in [1.82, 2.24) is 9.88 Å². The molecule has 1 aliphatic heterocycles. The van der Waals surface area contributed by atoms with E-state index in [-0.39, 0.29) is 0 Å². The van der Waals surface area contributed by atoms with Crippen LogP contribution in [0.2, 0.25) is 0 Å². The Balaban J connectivity index is 1.83. The third kappa shape index (κ3) is 3.70. The molecule has 0 saturated carbocycles. The quantitative estimate of drug-likeness (QED) is 0.837. The van der Waals surface area contributed by atoms with Gasteiger partial charge in [0.2, 0.25) is 0 Å². The smallest absolute Gasteiger partial charge is 0.125 e. The summed E-state index contributed by atoms with van der Waals surface area (Å²) < 4.78 is 0. The maximum atomic E-state index is 4.46. The van der Waals surface area contributed by atoms with E-state index in [1.807, 2.05) is 6.20 Å². The van der Waals surface area contributed by atoms with Crippen molar-refractivity contribution in [2.75, 3.05) is 25.0 Å². The summed E-state index contributed by atoms with van der Waals surface area (Å²) in [7, 11) is 0. The van der Waals surface area contributed by atoms with Gasteiger partial charge in [0.05, 0.1) is 0 Å². The number of rotatable bonds is 6. The van der Waals surface area contributed by atoms with Crippen LogP contribution < -0.4 is 5.32 Å². The molecule has 18 heavy (non-hydrogen) atoms. The minimum absolute atomic E-state index is 0.906. The van der Waals surface area contributed by atoms with Crippen LogP contribution in [0, 0.1) is 5.92 Å². The van der Waals surface area contributed by atoms with Crippen LogP contribution in [-0.4, -0.2) is 29.5 Å². The highest BCUT2D eigenvalue weighted by Crippen LogP contribution is 2.20. The summed E-state index contributed by atoms with van der Waals surface area (Å²) in [5.41, 5.74) is 1.33. The predicted molar refractivity (Wildman–Crippen MR) is 76.7 cm³/mol. The number of nitrogens with one attached hydrogen (secondary N) is 1. The molecule has 1 aromatic heterocycles. The monoisotopic (exact) mass is 247 g/mol. The average molecular weight is 247 g/mol. The summed E-state index contributed by atoms with van der Waals surface area (Å²) in [4.78, 5) is 7.01. The SMILES string of the molecule is CCCNc1ccc(CN2CCC(CC)C2)cn1. The zero-order valence-corrected chi connectivity index (χ0v) is 11.7. The number of likely N-dealkylation sites (tertiary alicyclic amines) is 1. The molecule has 0 amide bonds. The van der Waals surface area contributed by atoms with Crippen molar-refractivity contribution >= 4 is 5.82 Å². The highest BCUT2D eigenvalue weighted by atomic mass is 15.1. The first-order valence-electron chi connectivity index (χ1n) is 7.23. The van der Waals surface area contributed by atoms with Gasteiger partial charge in [-0.3, -0.25) is 4.90 Å². The minimum Gasteiger partial charge on any atom is -0.370 e. The molecule has 1 fully saturated rings. The summed E-state index contributed by atoms with van der Waals surface area (Å²) in [6.45, 7) is 9.01. The number of anilines is 1. The van der Waals surface area contributed by atoms with E-state index in [1.165, 1.54) is 31.5 Å². The lowest BCUT2D eigenvalue weighted by atomic mass is 10.1. The first kappa shape index (κ1) is 13.3. The number of nitrogens with zero attached hydrogens (tertiary/aromatic N) is 2. The van der Waals surface area contributed by atoms with Crippen molar-refractivity contribution in [3.05, 3.63) is 23.9 Å². The Labute approximate surface area is 111 Å². The summed E-state index contributed by atoms with van der Waals surface area (Å²) in [5, 5.41) is 3.31.